The first-order valence-corrected chi connectivity index (χ1v) is 14.3. The van der Waals surface area contributed by atoms with Crippen LogP contribution in [0.2, 0.25) is 10.0 Å². The van der Waals surface area contributed by atoms with Crippen molar-refractivity contribution < 1.29 is 27.1 Å². The maximum atomic E-state index is 13.3. The second kappa shape index (κ2) is 11.5. The van der Waals surface area contributed by atoms with Crippen molar-refractivity contribution in [2.75, 3.05) is 24.4 Å². The van der Waals surface area contributed by atoms with Gasteiger partial charge in [0.15, 0.2) is 9.79 Å². The number of nitrogens with zero attached hydrogens (tertiary/aromatic N) is 2. The van der Waals surface area contributed by atoms with Gasteiger partial charge in [0, 0.05) is 48.9 Å². The van der Waals surface area contributed by atoms with Crippen molar-refractivity contribution in [3.8, 4) is 0 Å². The molecule has 0 bridgehead atoms. The molecule has 0 radical (unpaired) electrons. The van der Waals surface area contributed by atoms with Crippen molar-refractivity contribution in [1.29, 1.82) is 0 Å². The smallest absolute Gasteiger partial charge is 0.471 e. The van der Waals surface area contributed by atoms with Crippen molar-refractivity contribution in [3.63, 3.8) is 0 Å². The normalized spacial score (nSPS) is 18.7. The first kappa shape index (κ1) is 28.2. The van der Waals surface area contributed by atoms with Gasteiger partial charge in [0.1, 0.15) is 17.0 Å². The fourth-order valence-corrected chi connectivity index (χ4v) is 6.98. The topological polar surface area (TPSA) is 97.5 Å². The number of H-pyrrole nitrogens is 1. The highest BCUT2D eigenvalue weighted by molar-refractivity contribution is 7.92. The monoisotopic (exact) mass is 594 g/mol. The van der Waals surface area contributed by atoms with Crippen molar-refractivity contribution in [1.82, 2.24) is 14.2 Å². The third-order valence-electron chi connectivity index (χ3n) is 5.97. The number of nitrogens with one attached hydrogen (secondary N) is 2. The Morgan fingerprint density at radius 3 is 2.43 bits per heavy atom. The van der Waals surface area contributed by atoms with Gasteiger partial charge in [-0.15, -0.1) is 4.31 Å². The minimum absolute atomic E-state index is 0.0413. The van der Waals surface area contributed by atoms with Crippen LogP contribution in [0.1, 0.15) is 19.8 Å². The highest BCUT2D eigenvalue weighted by Gasteiger charge is 2.46. The molecule has 2 aromatic carbocycles. The zero-order chi connectivity index (χ0) is 26.9. The molecule has 1 aliphatic rings. The third-order valence-corrected chi connectivity index (χ3v) is 9.27. The number of piperazine rings is 1. The van der Waals surface area contributed by atoms with Gasteiger partial charge in [-0.3, -0.25) is 4.79 Å². The largest absolute Gasteiger partial charge is 0.593 e. The lowest BCUT2D eigenvalue weighted by atomic mass is 10.1. The average Bonchev–Trinajstić information content (AvgIpc) is 3.27. The summed E-state index contributed by atoms with van der Waals surface area (Å²) in [6, 6.07) is 9.13. The van der Waals surface area contributed by atoms with Gasteiger partial charge in [0.05, 0.1) is 39.5 Å². The second-order valence-electron chi connectivity index (χ2n) is 8.41. The van der Waals surface area contributed by atoms with Gasteiger partial charge < -0.3 is 19.0 Å². The van der Waals surface area contributed by atoms with Crippen molar-refractivity contribution in [2.24, 2.45) is 0 Å². The van der Waals surface area contributed by atoms with Crippen LogP contribution in [0.25, 0.3) is 10.9 Å². The Morgan fingerprint density at radius 2 is 1.78 bits per heavy atom. The molecule has 3 unspecified atom stereocenters. The fourth-order valence-electron chi connectivity index (χ4n) is 4.22. The number of aromatic amines is 1. The summed E-state index contributed by atoms with van der Waals surface area (Å²) in [6.45, 7) is 1.59. The highest BCUT2D eigenvalue weighted by atomic mass is 35.5. The molecule has 0 aliphatic carbocycles. The molecular formula is C23H23Cl2F3N4O3S2. The van der Waals surface area contributed by atoms with E-state index in [1.807, 2.05) is 6.92 Å². The number of anilines is 1. The quantitative estimate of drug-likeness (QED) is 0.352. The van der Waals surface area contributed by atoms with E-state index in [2.05, 4.69) is 9.71 Å². The van der Waals surface area contributed by atoms with Crippen LogP contribution in [0.3, 0.4) is 0 Å². The molecule has 1 fully saturated rings. The number of hydrogen-bond acceptors (Lipinski definition) is 5. The van der Waals surface area contributed by atoms with Crippen LogP contribution in [0.5, 0.6) is 0 Å². The number of halogens is 5. The lowest BCUT2D eigenvalue weighted by Crippen LogP contribution is -2.58. The number of alkyl halides is 3. The van der Waals surface area contributed by atoms with Crippen LogP contribution in [0.15, 0.2) is 52.4 Å². The van der Waals surface area contributed by atoms with Crippen LogP contribution in [-0.4, -0.2) is 61.1 Å². The number of carbonyl (C=O) groups is 1. The van der Waals surface area contributed by atoms with E-state index in [1.165, 1.54) is 0 Å². The van der Waals surface area contributed by atoms with E-state index in [0.29, 0.717) is 49.3 Å². The Balaban J connectivity index is 1.46. The zero-order valence-electron chi connectivity index (χ0n) is 19.5. The molecule has 3 aromatic rings. The Hall–Kier alpha value is -1.80. The molecule has 1 saturated heterocycles. The Morgan fingerprint density at radius 1 is 1.11 bits per heavy atom. The minimum Gasteiger partial charge on any atom is -0.593 e. The third kappa shape index (κ3) is 6.11. The van der Waals surface area contributed by atoms with E-state index in [4.69, 9.17) is 23.2 Å². The first-order chi connectivity index (χ1) is 17.5. The van der Waals surface area contributed by atoms with E-state index in [1.54, 1.807) is 46.9 Å². The molecule has 4 rings (SSSR count). The fraction of sp³-hybridized carbons (Fsp3) is 0.348. The summed E-state index contributed by atoms with van der Waals surface area (Å²) >= 11 is 9.04. The van der Waals surface area contributed by atoms with E-state index in [0.717, 1.165) is 4.90 Å². The van der Waals surface area contributed by atoms with Crippen molar-refractivity contribution in [3.05, 3.63) is 52.6 Å². The lowest BCUT2D eigenvalue weighted by molar-refractivity contribution is -0.187. The summed E-state index contributed by atoms with van der Waals surface area (Å²) in [5.74, 6) is -1.88. The van der Waals surface area contributed by atoms with Gasteiger partial charge in [-0.1, -0.05) is 36.5 Å². The summed E-state index contributed by atoms with van der Waals surface area (Å²) in [5.41, 5.74) is 1.14. The number of fused-ring (bicyclic) bond motifs is 1. The summed E-state index contributed by atoms with van der Waals surface area (Å²) in [6.07, 6.45) is -2.22. The van der Waals surface area contributed by atoms with Crippen LogP contribution >= 0.6 is 23.2 Å². The number of aromatic nitrogens is 1. The van der Waals surface area contributed by atoms with Crippen LogP contribution in [-0.2, 0) is 27.5 Å². The molecule has 1 amide bonds. The number of benzene rings is 2. The zero-order valence-corrected chi connectivity index (χ0v) is 22.6. The number of amides is 1. The SMILES string of the molecule is CCCC1CN(C(=O)C(F)(F)F)CCN1[S+]([O-])c1ccc([S+]([O-])Nc2ccc(Cl)c3c(Cl)c[nH]c23)cc1. The maximum absolute atomic E-state index is 13.3. The van der Waals surface area contributed by atoms with Gasteiger partial charge >= 0.3 is 12.1 Å². The lowest BCUT2D eigenvalue weighted by Gasteiger charge is -2.40. The minimum atomic E-state index is -4.94. The molecule has 2 N–H and O–H groups in total. The molecule has 0 saturated carbocycles. The van der Waals surface area contributed by atoms with E-state index in [-0.39, 0.29) is 19.6 Å². The van der Waals surface area contributed by atoms with Gasteiger partial charge in [-0.25, -0.2) is 4.72 Å². The molecule has 14 heteroatoms. The van der Waals surface area contributed by atoms with Gasteiger partial charge in [0.25, 0.3) is 0 Å². The van der Waals surface area contributed by atoms with Crippen LogP contribution < -0.4 is 4.72 Å². The summed E-state index contributed by atoms with van der Waals surface area (Å²) in [5, 5.41) is 1.50. The predicted octanol–water partition coefficient (Wildman–Crippen LogP) is 5.51. The molecular weight excluding hydrogens is 572 g/mol. The van der Waals surface area contributed by atoms with Crippen LogP contribution in [0.4, 0.5) is 18.9 Å². The highest BCUT2D eigenvalue weighted by Crippen LogP contribution is 2.35. The molecule has 3 atom stereocenters. The number of carbonyl (C=O) groups excluding carboxylic acids is 1. The standard InChI is InChI=1S/C23H23Cl2F3N4O3S2/c1-2-3-14-13-31(22(33)23(26,27)28)10-11-32(14)37(35)16-6-4-15(5-7-16)36(34)30-19-9-8-17(24)20-18(25)12-29-21(19)20/h4-9,12,14,29-30H,2-3,10-11,13H2,1H3. The Bertz CT molecular complexity index is 1260. The summed E-state index contributed by atoms with van der Waals surface area (Å²) < 4.78 is 69.5. The van der Waals surface area contributed by atoms with Crippen molar-refractivity contribution in [2.45, 2.75) is 41.8 Å². The van der Waals surface area contributed by atoms with Gasteiger partial charge in [-0.2, -0.15) is 13.2 Å². The predicted molar refractivity (Wildman–Crippen MR) is 139 cm³/mol. The molecule has 7 nitrogen and oxygen atoms in total. The van der Waals surface area contributed by atoms with Gasteiger partial charge in [0.2, 0.25) is 0 Å². The molecule has 0 spiro atoms. The molecule has 1 aromatic heterocycles. The van der Waals surface area contributed by atoms with E-state index < -0.39 is 40.8 Å². The summed E-state index contributed by atoms with van der Waals surface area (Å²) in [4.78, 5) is 16.3. The van der Waals surface area contributed by atoms with E-state index in [9.17, 15) is 27.1 Å². The second-order valence-corrected chi connectivity index (χ2v) is 11.9. The molecule has 37 heavy (non-hydrogen) atoms. The van der Waals surface area contributed by atoms with Crippen LogP contribution in [0, 0.1) is 0 Å². The van der Waals surface area contributed by atoms with Gasteiger partial charge in [-0.05, 0) is 18.6 Å². The first-order valence-electron chi connectivity index (χ1n) is 11.3. The average molecular weight is 595 g/mol. The van der Waals surface area contributed by atoms with E-state index >= 15 is 0 Å². The molecule has 200 valence electrons. The Kier molecular flexibility index (Phi) is 8.79. The molecule has 1 aliphatic heterocycles. The number of hydrogen-bond donors (Lipinski definition) is 2. The Labute approximate surface area is 227 Å². The number of rotatable bonds is 7. The van der Waals surface area contributed by atoms with Crippen molar-refractivity contribution >= 4 is 68.4 Å². The summed E-state index contributed by atoms with van der Waals surface area (Å²) in [7, 11) is 0. The maximum Gasteiger partial charge on any atom is 0.471 e. The molecule has 2 heterocycles.